The lowest BCUT2D eigenvalue weighted by Crippen LogP contribution is -2.07. The second-order valence-electron chi connectivity index (χ2n) is 5.59. The van der Waals surface area contributed by atoms with E-state index in [1.807, 2.05) is 10.7 Å². The van der Waals surface area contributed by atoms with Gasteiger partial charge in [-0.2, -0.15) is 5.10 Å². The topological polar surface area (TPSA) is 53.1 Å². The van der Waals surface area contributed by atoms with Gasteiger partial charge >= 0.3 is 0 Å². The summed E-state index contributed by atoms with van der Waals surface area (Å²) in [5.41, 5.74) is 10.9. The van der Waals surface area contributed by atoms with Crippen LogP contribution in [-0.2, 0) is 26.0 Å². The molecule has 0 unspecified atom stereocenters. The fraction of sp³-hybridized carbons (Fsp3) is 0.471. The van der Waals surface area contributed by atoms with Gasteiger partial charge in [0.1, 0.15) is 12.4 Å². The standard InChI is InChI=1S/C17H23N3O/c1-3-13-10-14(20(4-2)19-13)11-21-15-6-7-16-12(9-15)5-8-17(16)18/h6-7,9-10,17H,3-5,8,11,18H2,1-2H3/t17-/m0/s1. The van der Waals surface area contributed by atoms with Crippen LogP contribution in [0.5, 0.6) is 5.75 Å². The number of hydrogen-bond acceptors (Lipinski definition) is 3. The molecule has 0 spiro atoms. The average Bonchev–Trinajstić information content (AvgIpc) is 3.08. The van der Waals surface area contributed by atoms with E-state index in [1.54, 1.807) is 0 Å². The first-order valence-corrected chi connectivity index (χ1v) is 7.78. The van der Waals surface area contributed by atoms with Gasteiger partial charge in [-0.3, -0.25) is 4.68 Å². The summed E-state index contributed by atoms with van der Waals surface area (Å²) in [7, 11) is 0. The summed E-state index contributed by atoms with van der Waals surface area (Å²) in [5.74, 6) is 0.921. The maximum atomic E-state index is 6.06. The molecule has 0 saturated carbocycles. The smallest absolute Gasteiger partial charge is 0.130 e. The molecule has 2 aromatic rings. The number of fused-ring (bicyclic) bond motifs is 1. The maximum Gasteiger partial charge on any atom is 0.130 e. The predicted octanol–water partition coefficient (Wildman–Crippen LogP) is 2.99. The third kappa shape index (κ3) is 2.81. The molecule has 112 valence electrons. The Morgan fingerprint density at radius 1 is 1.33 bits per heavy atom. The zero-order valence-corrected chi connectivity index (χ0v) is 12.8. The molecule has 1 aliphatic carbocycles. The number of aryl methyl sites for hydroxylation is 3. The Hall–Kier alpha value is -1.81. The van der Waals surface area contributed by atoms with E-state index in [1.165, 1.54) is 11.1 Å². The Kier molecular flexibility index (Phi) is 3.97. The third-order valence-electron chi connectivity index (χ3n) is 4.20. The van der Waals surface area contributed by atoms with Gasteiger partial charge in [0.25, 0.3) is 0 Å². The van der Waals surface area contributed by atoms with Gasteiger partial charge in [0.2, 0.25) is 0 Å². The number of aromatic nitrogens is 2. The van der Waals surface area contributed by atoms with E-state index in [0.717, 1.165) is 42.9 Å². The SMILES string of the molecule is CCc1cc(COc2ccc3c(c2)CC[C@@H]3N)n(CC)n1. The van der Waals surface area contributed by atoms with Crippen LogP contribution in [-0.4, -0.2) is 9.78 Å². The number of rotatable bonds is 5. The Labute approximate surface area is 125 Å². The van der Waals surface area contributed by atoms with Gasteiger partial charge in [-0.25, -0.2) is 0 Å². The summed E-state index contributed by atoms with van der Waals surface area (Å²) in [4.78, 5) is 0. The van der Waals surface area contributed by atoms with Crippen LogP contribution in [0.25, 0.3) is 0 Å². The van der Waals surface area contributed by atoms with Gasteiger partial charge in [0, 0.05) is 12.6 Å². The predicted molar refractivity (Wildman–Crippen MR) is 83.3 cm³/mol. The average molecular weight is 285 g/mol. The fourth-order valence-corrected chi connectivity index (χ4v) is 2.95. The van der Waals surface area contributed by atoms with Crippen LogP contribution in [0.1, 0.15) is 48.8 Å². The molecule has 1 heterocycles. The number of nitrogens with zero attached hydrogens (tertiary/aromatic N) is 2. The molecule has 4 nitrogen and oxygen atoms in total. The number of benzene rings is 1. The molecule has 21 heavy (non-hydrogen) atoms. The quantitative estimate of drug-likeness (QED) is 0.919. The number of ether oxygens (including phenoxy) is 1. The van der Waals surface area contributed by atoms with Crippen molar-refractivity contribution in [3.8, 4) is 5.75 Å². The zero-order chi connectivity index (χ0) is 14.8. The highest BCUT2D eigenvalue weighted by Gasteiger charge is 2.19. The van der Waals surface area contributed by atoms with Crippen LogP contribution < -0.4 is 10.5 Å². The fourth-order valence-electron chi connectivity index (χ4n) is 2.95. The maximum absolute atomic E-state index is 6.06. The second-order valence-corrected chi connectivity index (χ2v) is 5.59. The van der Waals surface area contributed by atoms with Crippen LogP contribution >= 0.6 is 0 Å². The molecule has 3 rings (SSSR count). The molecular weight excluding hydrogens is 262 g/mol. The van der Waals surface area contributed by atoms with Crippen molar-refractivity contribution in [3.63, 3.8) is 0 Å². The molecule has 0 amide bonds. The van der Waals surface area contributed by atoms with Crippen molar-refractivity contribution >= 4 is 0 Å². The molecule has 1 aromatic carbocycles. The van der Waals surface area contributed by atoms with E-state index in [-0.39, 0.29) is 6.04 Å². The highest BCUT2D eigenvalue weighted by atomic mass is 16.5. The van der Waals surface area contributed by atoms with Crippen LogP contribution in [0.4, 0.5) is 0 Å². The Balaban J connectivity index is 1.72. The van der Waals surface area contributed by atoms with E-state index < -0.39 is 0 Å². The molecule has 0 aliphatic heterocycles. The van der Waals surface area contributed by atoms with Crippen molar-refractivity contribution in [1.82, 2.24) is 9.78 Å². The van der Waals surface area contributed by atoms with Crippen molar-refractivity contribution in [2.45, 2.75) is 52.3 Å². The minimum absolute atomic E-state index is 0.197. The lowest BCUT2D eigenvalue weighted by atomic mass is 10.1. The Morgan fingerprint density at radius 2 is 2.19 bits per heavy atom. The van der Waals surface area contributed by atoms with Crippen LogP contribution in [0.2, 0.25) is 0 Å². The highest BCUT2D eigenvalue weighted by molar-refractivity contribution is 5.40. The molecule has 0 saturated heterocycles. The van der Waals surface area contributed by atoms with E-state index in [0.29, 0.717) is 6.61 Å². The van der Waals surface area contributed by atoms with E-state index in [9.17, 15) is 0 Å². The van der Waals surface area contributed by atoms with Gasteiger partial charge in [0.05, 0.1) is 11.4 Å². The number of hydrogen-bond donors (Lipinski definition) is 1. The zero-order valence-electron chi connectivity index (χ0n) is 12.8. The molecule has 0 fully saturated rings. The third-order valence-corrected chi connectivity index (χ3v) is 4.20. The van der Waals surface area contributed by atoms with Gasteiger partial charge in [0.15, 0.2) is 0 Å². The first-order chi connectivity index (χ1) is 10.2. The van der Waals surface area contributed by atoms with Gasteiger partial charge in [-0.05, 0) is 55.5 Å². The van der Waals surface area contributed by atoms with Crippen LogP contribution in [0, 0.1) is 0 Å². The van der Waals surface area contributed by atoms with Crippen molar-refractivity contribution in [1.29, 1.82) is 0 Å². The molecular formula is C17H23N3O. The van der Waals surface area contributed by atoms with E-state index >= 15 is 0 Å². The highest BCUT2D eigenvalue weighted by Crippen LogP contribution is 2.32. The van der Waals surface area contributed by atoms with Crippen molar-refractivity contribution < 1.29 is 4.74 Å². The van der Waals surface area contributed by atoms with E-state index in [4.69, 9.17) is 10.5 Å². The summed E-state index contributed by atoms with van der Waals surface area (Å²) in [6.45, 7) is 5.66. The van der Waals surface area contributed by atoms with Crippen molar-refractivity contribution in [2.24, 2.45) is 5.73 Å². The van der Waals surface area contributed by atoms with Gasteiger partial charge in [-0.1, -0.05) is 13.0 Å². The second kappa shape index (κ2) is 5.90. The van der Waals surface area contributed by atoms with Crippen molar-refractivity contribution in [2.75, 3.05) is 0 Å². The minimum atomic E-state index is 0.197. The Morgan fingerprint density at radius 3 is 2.95 bits per heavy atom. The van der Waals surface area contributed by atoms with Gasteiger partial charge in [-0.15, -0.1) is 0 Å². The molecule has 0 radical (unpaired) electrons. The molecule has 1 aromatic heterocycles. The summed E-state index contributed by atoms with van der Waals surface area (Å²) in [5, 5.41) is 4.55. The van der Waals surface area contributed by atoms with Crippen LogP contribution in [0.15, 0.2) is 24.3 Å². The lowest BCUT2D eigenvalue weighted by Gasteiger charge is -2.10. The van der Waals surface area contributed by atoms with E-state index in [2.05, 4.69) is 37.1 Å². The summed E-state index contributed by atoms with van der Waals surface area (Å²) < 4.78 is 7.97. The molecule has 1 atom stereocenters. The lowest BCUT2D eigenvalue weighted by molar-refractivity contribution is 0.292. The summed E-state index contributed by atoms with van der Waals surface area (Å²) in [6, 6.07) is 8.60. The summed E-state index contributed by atoms with van der Waals surface area (Å²) >= 11 is 0. The Bertz CT molecular complexity index is 633. The van der Waals surface area contributed by atoms with Crippen molar-refractivity contribution in [3.05, 3.63) is 46.8 Å². The van der Waals surface area contributed by atoms with Crippen LogP contribution in [0.3, 0.4) is 0 Å². The first kappa shape index (κ1) is 14.1. The molecule has 2 N–H and O–H groups in total. The normalized spacial score (nSPS) is 17.0. The summed E-state index contributed by atoms with van der Waals surface area (Å²) in [6.07, 6.45) is 3.05. The largest absolute Gasteiger partial charge is 0.487 e. The molecule has 4 heteroatoms. The first-order valence-electron chi connectivity index (χ1n) is 7.78. The molecule has 1 aliphatic rings. The monoisotopic (exact) mass is 285 g/mol. The molecule has 0 bridgehead atoms. The van der Waals surface area contributed by atoms with Gasteiger partial charge < -0.3 is 10.5 Å². The minimum Gasteiger partial charge on any atom is -0.487 e. The number of nitrogens with two attached hydrogens (primary N) is 1.